The van der Waals surface area contributed by atoms with E-state index in [-0.39, 0.29) is 42.3 Å². The van der Waals surface area contributed by atoms with Gasteiger partial charge in [0, 0.05) is 18.7 Å². The molecule has 1 atom stereocenters. The number of carbonyl (C=O) groups excluding carboxylic acids is 3. The molecule has 3 aromatic rings. The van der Waals surface area contributed by atoms with Crippen molar-refractivity contribution in [2.24, 2.45) is 0 Å². The van der Waals surface area contributed by atoms with Gasteiger partial charge in [0.25, 0.3) is 5.91 Å². The number of ether oxygens (including phenoxy) is 3. The number of hydrogen-bond donors (Lipinski definition) is 1. The Morgan fingerprint density at radius 2 is 1.77 bits per heavy atom. The van der Waals surface area contributed by atoms with Crippen LogP contribution in [0.1, 0.15) is 39.5 Å². The fraction of sp³-hybridized carbons (Fsp3) is 0.276. The number of alkyl halides is 3. The standard InChI is InChI=1S/C29H27F3N2O6/c1-18-14-24-23(16-22(18)25(35)38-3)34(13-12-33-27(37)39-17-19-8-5-4-6-9-19)26(36)28(2,40-24)20-10-7-11-21(15-20)29(30,31)32/h4-11,14-16H,12-13,17H2,1-3H3,(H,33,37). The highest BCUT2D eigenvalue weighted by Crippen LogP contribution is 2.44. The second-order valence-corrected chi connectivity index (χ2v) is 9.29. The summed E-state index contributed by atoms with van der Waals surface area (Å²) in [5.74, 6) is -1.14. The molecule has 1 aliphatic rings. The van der Waals surface area contributed by atoms with Crippen LogP contribution >= 0.6 is 0 Å². The van der Waals surface area contributed by atoms with Crippen molar-refractivity contribution in [3.05, 3.63) is 94.5 Å². The van der Waals surface area contributed by atoms with Crippen LogP contribution in [0, 0.1) is 6.92 Å². The van der Waals surface area contributed by atoms with E-state index in [2.05, 4.69) is 5.32 Å². The van der Waals surface area contributed by atoms with Gasteiger partial charge in [-0.15, -0.1) is 0 Å². The average Bonchev–Trinajstić information content (AvgIpc) is 2.93. The van der Waals surface area contributed by atoms with Gasteiger partial charge in [0.15, 0.2) is 0 Å². The zero-order valence-corrected chi connectivity index (χ0v) is 22.0. The topological polar surface area (TPSA) is 94.2 Å². The minimum atomic E-state index is -4.63. The predicted molar refractivity (Wildman–Crippen MR) is 139 cm³/mol. The minimum Gasteiger partial charge on any atom is -0.471 e. The molecule has 4 rings (SSSR count). The molecule has 0 fully saturated rings. The van der Waals surface area contributed by atoms with Crippen LogP contribution in [0.15, 0.2) is 66.7 Å². The van der Waals surface area contributed by atoms with Gasteiger partial charge >= 0.3 is 18.2 Å². The van der Waals surface area contributed by atoms with Crippen molar-refractivity contribution in [1.29, 1.82) is 0 Å². The van der Waals surface area contributed by atoms with E-state index in [0.29, 0.717) is 5.56 Å². The van der Waals surface area contributed by atoms with Crippen LogP contribution in [0.4, 0.5) is 23.7 Å². The van der Waals surface area contributed by atoms with E-state index < -0.39 is 35.3 Å². The summed E-state index contributed by atoms with van der Waals surface area (Å²) in [5.41, 5.74) is -1.11. The molecule has 1 N–H and O–H groups in total. The highest BCUT2D eigenvalue weighted by molar-refractivity contribution is 6.05. The van der Waals surface area contributed by atoms with Gasteiger partial charge < -0.3 is 24.4 Å². The molecule has 0 saturated heterocycles. The lowest BCUT2D eigenvalue weighted by Gasteiger charge is -2.41. The fourth-order valence-electron chi connectivity index (χ4n) is 4.36. The van der Waals surface area contributed by atoms with Crippen molar-refractivity contribution in [2.45, 2.75) is 32.2 Å². The second-order valence-electron chi connectivity index (χ2n) is 9.29. The number of nitrogens with one attached hydrogen (secondary N) is 1. The van der Waals surface area contributed by atoms with Gasteiger partial charge in [-0.05, 0) is 49.2 Å². The van der Waals surface area contributed by atoms with Crippen LogP contribution in [0.3, 0.4) is 0 Å². The third-order valence-electron chi connectivity index (χ3n) is 6.53. The van der Waals surface area contributed by atoms with Gasteiger partial charge in [-0.25, -0.2) is 9.59 Å². The molecule has 0 spiro atoms. The van der Waals surface area contributed by atoms with E-state index >= 15 is 0 Å². The zero-order chi connectivity index (χ0) is 29.1. The Balaban J connectivity index is 1.63. The van der Waals surface area contributed by atoms with Gasteiger partial charge in [0.05, 0.1) is 23.9 Å². The number of fused-ring (bicyclic) bond motifs is 1. The van der Waals surface area contributed by atoms with Gasteiger partial charge in [0.2, 0.25) is 5.60 Å². The largest absolute Gasteiger partial charge is 0.471 e. The molecule has 210 valence electrons. The van der Waals surface area contributed by atoms with Crippen LogP contribution < -0.4 is 15.0 Å². The first-order valence-electron chi connectivity index (χ1n) is 12.3. The van der Waals surface area contributed by atoms with Crippen molar-refractivity contribution in [3.63, 3.8) is 0 Å². The number of halogens is 3. The SMILES string of the molecule is COC(=O)c1cc2c(cc1C)OC(C)(c1cccc(C(F)(F)F)c1)C(=O)N2CCNC(=O)OCc1ccccc1. The maximum atomic E-state index is 13.9. The summed E-state index contributed by atoms with van der Waals surface area (Å²) >= 11 is 0. The number of aryl methyl sites for hydroxylation is 1. The Labute approximate surface area is 228 Å². The fourth-order valence-corrected chi connectivity index (χ4v) is 4.36. The van der Waals surface area contributed by atoms with Crippen LogP contribution in [-0.2, 0) is 32.7 Å². The summed E-state index contributed by atoms with van der Waals surface area (Å²) in [6, 6.07) is 16.4. The molecule has 1 unspecified atom stereocenters. The summed E-state index contributed by atoms with van der Waals surface area (Å²) in [7, 11) is 1.22. The molecule has 0 aromatic heterocycles. The number of benzene rings is 3. The van der Waals surface area contributed by atoms with Crippen molar-refractivity contribution in [2.75, 3.05) is 25.1 Å². The Bertz CT molecular complexity index is 1430. The quantitative estimate of drug-likeness (QED) is 0.394. The van der Waals surface area contributed by atoms with Crippen LogP contribution in [0.2, 0.25) is 0 Å². The summed E-state index contributed by atoms with van der Waals surface area (Å²) < 4.78 is 56.5. The van der Waals surface area contributed by atoms with Gasteiger partial charge in [-0.3, -0.25) is 4.79 Å². The molecule has 0 radical (unpaired) electrons. The molecule has 0 bridgehead atoms. The zero-order valence-electron chi connectivity index (χ0n) is 22.0. The first-order chi connectivity index (χ1) is 18.9. The number of alkyl carbamates (subject to hydrolysis) is 1. The maximum absolute atomic E-state index is 13.9. The Morgan fingerprint density at radius 3 is 2.45 bits per heavy atom. The number of carbonyl (C=O) groups is 3. The number of methoxy groups -OCH3 is 1. The lowest BCUT2D eigenvalue weighted by molar-refractivity contribution is -0.139. The lowest BCUT2D eigenvalue weighted by Crippen LogP contribution is -2.54. The van der Waals surface area contributed by atoms with Crippen LogP contribution in [0.25, 0.3) is 0 Å². The number of hydrogen-bond acceptors (Lipinski definition) is 6. The van der Waals surface area contributed by atoms with E-state index in [9.17, 15) is 27.6 Å². The van der Waals surface area contributed by atoms with Crippen molar-refractivity contribution in [3.8, 4) is 5.75 Å². The first kappa shape index (κ1) is 28.5. The minimum absolute atomic E-state index is 0.00657. The maximum Gasteiger partial charge on any atom is 0.416 e. The van der Waals surface area contributed by atoms with Crippen molar-refractivity contribution >= 4 is 23.7 Å². The van der Waals surface area contributed by atoms with E-state index in [1.54, 1.807) is 19.1 Å². The van der Waals surface area contributed by atoms with E-state index in [4.69, 9.17) is 14.2 Å². The van der Waals surface area contributed by atoms with Crippen LogP contribution in [0.5, 0.6) is 5.75 Å². The number of anilines is 1. The highest BCUT2D eigenvalue weighted by atomic mass is 19.4. The average molecular weight is 557 g/mol. The molecule has 11 heteroatoms. The second kappa shape index (κ2) is 11.3. The smallest absolute Gasteiger partial charge is 0.416 e. The first-order valence-corrected chi connectivity index (χ1v) is 12.3. The Hall–Kier alpha value is -4.54. The number of esters is 1. The summed E-state index contributed by atoms with van der Waals surface area (Å²) in [4.78, 5) is 39.7. The van der Waals surface area contributed by atoms with Gasteiger partial charge in [-0.1, -0.05) is 42.5 Å². The van der Waals surface area contributed by atoms with E-state index in [0.717, 1.165) is 17.7 Å². The molecule has 2 amide bonds. The normalized spacial score (nSPS) is 16.6. The monoisotopic (exact) mass is 556 g/mol. The Morgan fingerprint density at radius 1 is 1.05 bits per heavy atom. The van der Waals surface area contributed by atoms with Crippen molar-refractivity contribution in [1.82, 2.24) is 5.32 Å². The summed E-state index contributed by atoms with van der Waals surface area (Å²) in [5, 5.41) is 2.57. The summed E-state index contributed by atoms with van der Waals surface area (Å²) in [6.45, 7) is 2.92. The Kier molecular flexibility index (Phi) is 8.03. The summed E-state index contributed by atoms with van der Waals surface area (Å²) in [6.07, 6.45) is -5.35. The molecule has 40 heavy (non-hydrogen) atoms. The highest BCUT2D eigenvalue weighted by Gasteiger charge is 2.47. The molecular weight excluding hydrogens is 529 g/mol. The number of amides is 2. The molecule has 0 saturated carbocycles. The van der Waals surface area contributed by atoms with Crippen molar-refractivity contribution < 1.29 is 41.8 Å². The predicted octanol–water partition coefficient (Wildman–Crippen LogP) is 5.37. The molecule has 1 heterocycles. The molecule has 1 aliphatic heterocycles. The van der Waals surface area contributed by atoms with E-state index in [1.165, 1.54) is 43.2 Å². The van der Waals surface area contributed by atoms with Crippen LogP contribution in [-0.4, -0.2) is 38.2 Å². The lowest BCUT2D eigenvalue weighted by atomic mass is 9.90. The third-order valence-corrected chi connectivity index (χ3v) is 6.53. The molecular formula is C29H27F3N2O6. The van der Waals surface area contributed by atoms with Gasteiger partial charge in [0.1, 0.15) is 12.4 Å². The third kappa shape index (κ3) is 5.88. The molecule has 8 nitrogen and oxygen atoms in total. The van der Waals surface area contributed by atoms with E-state index in [1.807, 2.05) is 18.2 Å². The molecule has 3 aromatic carbocycles. The van der Waals surface area contributed by atoms with Gasteiger partial charge in [-0.2, -0.15) is 13.2 Å². The number of nitrogens with zero attached hydrogens (tertiary/aromatic N) is 1. The molecule has 0 aliphatic carbocycles. The number of rotatable bonds is 7.